The SMILES string of the molecule is COc1ccc(CC(C)C(=O)NCC(O)c2ccncc2)cc1. The van der Waals surface area contributed by atoms with Crippen LogP contribution in [0.2, 0.25) is 0 Å². The zero-order valence-electron chi connectivity index (χ0n) is 13.4. The number of benzene rings is 1. The van der Waals surface area contributed by atoms with Gasteiger partial charge in [-0.05, 0) is 41.8 Å². The summed E-state index contributed by atoms with van der Waals surface area (Å²) in [6.07, 6.45) is 3.15. The second-order valence-corrected chi connectivity index (χ2v) is 5.49. The summed E-state index contributed by atoms with van der Waals surface area (Å²) in [7, 11) is 1.62. The number of hydrogen-bond donors (Lipinski definition) is 2. The largest absolute Gasteiger partial charge is 0.497 e. The first kappa shape index (κ1) is 17.0. The minimum absolute atomic E-state index is 0.0751. The van der Waals surface area contributed by atoms with Crippen molar-refractivity contribution in [1.29, 1.82) is 0 Å². The summed E-state index contributed by atoms with van der Waals surface area (Å²) in [5.41, 5.74) is 1.81. The number of nitrogens with one attached hydrogen (secondary N) is 1. The number of carbonyl (C=O) groups excluding carboxylic acids is 1. The maximum atomic E-state index is 12.1. The number of nitrogens with zero attached hydrogens (tertiary/aromatic N) is 1. The van der Waals surface area contributed by atoms with E-state index in [1.54, 1.807) is 31.6 Å². The number of amides is 1. The number of hydrogen-bond acceptors (Lipinski definition) is 4. The van der Waals surface area contributed by atoms with E-state index in [0.717, 1.165) is 16.9 Å². The molecule has 0 saturated heterocycles. The number of rotatable bonds is 7. The van der Waals surface area contributed by atoms with Crippen LogP contribution in [0.15, 0.2) is 48.8 Å². The van der Waals surface area contributed by atoms with Gasteiger partial charge in [-0.2, -0.15) is 0 Å². The van der Waals surface area contributed by atoms with E-state index in [1.165, 1.54) is 0 Å². The summed E-state index contributed by atoms with van der Waals surface area (Å²) in [6, 6.07) is 11.1. The van der Waals surface area contributed by atoms with Crippen LogP contribution in [0.5, 0.6) is 5.75 Å². The van der Waals surface area contributed by atoms with Gasteiger partial charge in [-0.3, -0.25) is 9.78 Å². The number of ether oxygens (including phenoxy) is 1. The molecule has 5 heteroatoms. The fraction of sp³-hybridized carbons (Fsp3) is 0.333. The average Bonchev–Trinajstić information content (AvgIpc) is 2.60. The fourth-order valence-corrected chi connectivity index (χ4v) is 2.28. The van der Waals surface area contributed by atoms with Crippen molar-refractivity contribution in [1.82, 2.24) is 10.3 Å². The van der Waals surface area contributed by atoms with Gasteiger partial charge in [-0.1, -0.05) is 19.1 Å². The summed E-state index contributed by atoms with van der Waals surface area (Å²) in [5.74, 6) is 0.549. The van der Waals surface area contributed by atoms with Crippen molar-refractivity contribution in [2.24, 2.45) is 5.92 Å². The molecule has 23 heavy (non-hydrogen) atoms. The first-order valence-corrected chi connectivity index (χ1v) is 7.58. The average molecular weight is 314 g/mol. The molecular weight excluding hydrogens is 292 g/mol. The highest BCUT2D eigenvalue weighted by Crippen LogP contribution is 2.15. The van der Waals surface area contributed by atoms with E-state index >= 15 is 0 Å². The number of carbonyl (C=O) groups is 1. The van der Waals surface area contributed by atoms with Gasteiger partial charge in [0.25, 0.3) is 0 Å². The molecule has 5 nitrogen and oxygen atoms in total. The second kappa shape index (κ2) is 8.29. The zero-order chi connectivity index (χ0) is 16.7. The topological polar surface area (TPSA) is 71.5 Å². The number of pyridine rings is 1. The molecule has 2 aromatic rings. The minimum atomic E-state index is -0.727. The quantitative estimate of drug-likeness (QED) is 0.821. The highest BCUT2D eigenvalue weighted by Gasteiger charge is 2.15. The Morgan fingerprint density at radius 2 is 1.87 bits per heavy atom. The van der Waals surface area contributed by atoms with Crippen LogP contribution in [-0.2, 0) is 11.2 Å². The Labute approximate surface area is 136 Å². The van der Waals surface area contributed by atoms with Crippen LogP contribution in [0.4, 0.5) is 0 Å². The molecule has 1 heterocycles. The van der Waals surface area contributed by atoms with Crippen molar-refractivity contribution < 1.29 is 14.6 Å². The summed E-state index contributed by atoms with van der Waals surface area (Å²) in [4.78, 5) is 16.1. The van der Waals surface area contributed by atoms with E-state index in [-0.39, 0.29) is 18.4 Å². The molecule has 0 aliphatic carbocycles. The lowest BCUT2D eigenvalue weighted by Gasteiger charge is -2.15. The maximum absolute atomic E-state index is 12.1. The molecule has 2 N–H and O–H groups in total. The highest BCUT2D eigenvalue weighted by molar-refractivity contribution is 5.78. The number of aromatic nitrogens is 1. The molecule has 2 atom stereocenters. The van der Waals surface area contributed by atoms with Gasteiger partial charge in [0, 0.05) is 24.9 Å². The van der Waals surface area contributed by atoms with Crippen molar-refractivity contribution in [2.75, 3.05) is 13.7 Å². The lowest BCUT2D eigenvalue weighted by Crippen LogP contribution is -2.33. The van der Waals surface area contributed by atoms with E-state index in [0.29, 0.717) is 6.42 Å². The molecular formula is C18H22N2O3. The Balaban J connectivity index is 1.82. The Morgan fingerprint density at radius 1 is 1.22 bits per heavy atom. The van der Waals surface area contributed by atoms with E-state index in [2.05, 4.69) is 10.3 Å². The summed E-state index contributed by atoms with van der Waals surface area (Å²) >= 11 is 0. The third-order valence-corrected chi connectivity index (χ3v) is 3.71. The predicted octanol–water partition coefficient (Wildman–Crippen LogP) is 2.12. The third-order valence-electron chi connectivity index (χ3n) is 3.71. The van der Waals surface area contributed by atoms with Crippen molar-refractivity contribution in [3.8, 4) is 5.75 Å². The maximum Gasteiger partial charge on any atom is 0.223 e. The second-order valence-electron chi connectivity index (χ2n) is 5.49. The van der Waals surface area contributed by atoms with Crippen LogP contribution < -0.4 is 10.1 Å². The Kier molecular flexibility index (Phi) is 6.11. The van der Waals surface area contributed by atoms with E-state index in [1.807, 2.05) is 31.2 Å². The molecule has 0 saturated carbocycles. The van der Waals surface area contributed by atoms with Gasteiger partial charge in [-0.25, -0.2) is 0 Å². The van der Waals surface area contributed by atoms with Crippen molar-refractivity contribution in [3.63, 3.8) is 0 Å². The van der Waals surface area contributed by atoms with Crippen molar-refractivity contribution in [3.05, 3.63) is 59.9 Å². The number of aliphatic hydroxyl groups excluding tert-OH is 1. The summed E-state index contributed by atoms with van der Waals surface area (Å²) in [6.45, 7) is 2.06. The lowest BCUT2D eigenvalue weighted by molar-refractivity contribution is -0.124. The Bertz CT molecular complexity index is 614. The molecule has 1 aromatic carbocycles. The van der Waals surface area contributed by atoms with Gasteiger partial charge in [0.2, 0.25) is 5.91 Å². The van der Waals surface area contributed by atoms with Crippen molar-refractivity contribution >= 4 is 5.91 Å². The molecule has 0 bridgehead atoms. The summed E-state index contributed by atoms with van der Waals surface area (Å²) in [5, 5.41) is 12.8. The molecule has 0 aliphatic heterocycles. The zero-order valence-corrected chi connectivity index (χ0v) is 13.4. The molecule has 1 amide bonds. The molecule has 1 aromatic heterocycles. The van der Waals surface area contributed by atoms with E-state index < -0.39 is 6.10 Å². The molecule has 2 unspecified atom stereocenters. The van der Waals surface area contributed by atoms with Gasteiger partial charge in [-0.15, -0.1) is 0 Å². The van der Waals surface area contributed by atoms with Crippen LogP contribution >= 0.6 is 0 Å². The highest BCUT2D eigenvalue weighted by atomic mass is 16.5. The monoisotopic (exact) mass is 314 g/mol. The van der Waals surface area contributed by atoms with Gasteiger partial charge >= 0.3 is 0 Å². The van der Waals surface area contributed by atoms with Crippen molar-refractivity contribution in [2.45, 2.75) is 19.4 Å². The Morgan fingerprint density at radius 3 is 2.48 bits per heavy atom. The van der Waals surface area contributed by atoms with Gasteiger partial charge in [0.15, 0.2) is 0 Å². The fourth-order valence-electron chi connectivity index (χ4n) is 2.28. The Hall–Kier alpha value is -2.40. The van der Waals surface area contributed by atoms with E-state index in [9.17, 15) is 9.90 Å². The molecule has 0 fully saturated rings. The molecule has 2 rings (SSSR count). The predicted molar refractivity (Wildman–Crippen MR) is 88.1 cm³/mol. The van der Waals surface area contributed by atoms with Crippen LogP contribution in [0.25, 0.3) is 0 Å². The standard InChI is InChI=1S/C18H22N2O3/c1-13(11-14-3-5-16(23-2)6-4-14)18(22)20-12-17(21)15-7-9-19-10-8-15/h3-10,13,17,21H,11-12H2,1-2H3,(H,20,22). The first-order chi connectivity index (χ1) is 11.1. The molecule has 0 aliphatic rings. The summed E-state index contributed by atoms with van der Waals surface area (Å²) < 4.78 is 5.12. The van der Waals surface area contributed by atoms with Gasteiger partial charge < -0.3 is 15.2 Å². The van der Waals surface area contributed by atoms with Gasteiger partial charge in [0.05, 0.1) is 13.2 Å². The third kappa shape index (κ3) is 5.07. The lowest BCUT2D eigenvalue weighted by atomic mass is 10.00. The smallest absolute Gasteiger partial charge is 0.223 e. The molecule has 0 radical (unpaired) electrons. The molecule has 122 valence electrons. The number of aliphatic hydroxyl groups is 1. The normalized spacial score (nSPS) is 13.2. The minimum Gasteiger partial charge on any atom is -0.497 e. The van der Waals surface area contributed by atoms with Crippen LogP contribution in [0, 0.1) is 5.92 Å². The van der Waals surface area contributed by atoms with Crippen LogP contribution in [0.1, 0.15) is 24.2 Å². The van der Waals surface area contributed by atoms with E-state index in [4.69, 9.17) is 4.74 Å². The van der Waals surface area contributed by atoms with Crippen LogP contribution in [-0.4, -0.2) is 29.7 Å². The van der Waals surface area contributed by atoms with Crippen LogP contribution in [0.3, 0.4) is 0 Å². The number of methoxy groups -OCH3 is 1. The molecule has 0 spiro atoms. The first-order valence-electron chi connectivity index (χ1n) is 7.58. The van der Waals surface area contributed by atoms with Gasteiger partial charge in [0.1, 0.15) is 5.75 Å².